The van der Waals surface area contributed by atoms with Gasteiger partial charge in [-0.25, -0.2) is 4.79 Å². The van der Waals surface area contributed by atoms with E-state index in [1.165, 1.54) is 4.90 Å². The van der Waals surface area contributed by atoms with E-state index in [0.29, 0.717) is 50.5 Å². The standard InChI is InChI=1S/C60H84NO11Si/c1-13-22-44-34-39(2)33-40(3)35-50(67-10)54-51(68-11)36-43(6)60(66,71-54)55(63)56(64)61-32-21-20-27-48(61)57(65)70-53(41(4)28-29-49(44)62)42(5)37-59(31-30-47(58(7,8)9)52(38-59)69-12)72-73(45-23-16-14-17-24-45)46-25-18-15-19-26-46/h13-19,23-26,28-29,34,37,40-41,43-44,47-48,50-54,66H,1,20-22,27,30-33,35-36,38H2,2-12H3. The van der Waals surface area contributed by atoms with E-state index in [2.05, 4.69) is 64.6 Å². The molecule has 13 unspecified atom stereocenters. The van der Waals surface area contributed by atoms with Gasteiger partial charge in [0, 0.05) is 52.0 Å². The number of ether oxygens (including phenoxy) is 5. The van der Waals surface area contributed by atoms with Crippen molar-refractivity contribution in [3.8, 4) is 0 Å². The van der Waals surface area contributed by atoms with Crippen LogP contribution in [0.5, 0.6) is 0 Å². The molecule has 2 aromatic rings. The molecule has 0 spiro atoms. The van der Waals surface area contributed by atoms with Gasteiger partial charge in [-0.3, -0.25) is 14.4 Å². The highest BCUT2D eigenvalue weighted by atomic mass is 28.3. The number of amides is 1. The van der Waals surface area contributed by atoms with Crippen molar-refractivity contribution in [2.75, 3.05) is 27.9 Å². The Morgan fingerprint density at radius 1 is 0.890 bits per heavy atom. The number of Topliss-reactive ketones (excluding diaryl/α,β-unsaturated/α-hetero) is 1. The Morgan fingerprint density at radius 3 is 2.10 bits per heavy atom. The van der Waals surface area contributed by atoms with Crippen LogP contribution in [0.1, 0.15) is 120 Å². The van der Waals surface area contributed by atoms with Gasteiger partial charge in [0.05, 0.1) is 23.9 Å². The van der Waals surface area contributed by atoms with Gasteiger partial charge in [-0.2, -0.15) is 0 Å². The zero-order valence-corrected chi connectivity index (χ0v) is 46.5. The van der Waals surface area contributed by atoms with E-state index in [1.54, 1.807) is 40.4 Å². The second-order valence-corrected chi connectivity index (χ2v) is 24.6. The van der Waals surface area contributed by atoms with Crippen molar-refractivity contribution in [2.24, 2.45) is 35.0 Å². The molecule has 1 amide bonds. The zero-order chi connectivity index (χ0) is 53.3. The molecular weight excluding hydrogens is 939 g/mol. The minimum absolute atomic E-state index is 0.0246. The lowest BCUT2D eigenvalue weighted by atomic mass is 9.66. The highest BCUT2D eigenvalue weighted by molar-refractivity contribution is 6.80. The molecule has 2 bridgehead atoms. The highest BCUT2D eigenvalue weighted by Gasteiger charge is 2.57. The number of cyclic esters (lactones) is 1. The first-order chi connectivity index (χ1) is 34.7. The quantitative estimate of drug-likeness (QED) is 0.0999. The molecule has 3 fully saturated rings. The summed E-state index contributed by atoms with van der Waals surface area (Å²) in [4.78, 5) is 59.8. The summed E-state index contributed by atoms with van der Waals surface area (Å²) in [6, 6.07) is 19.5. The Bertz CT molecular complexity index is 2250. The molecule has 399 valence electrons. The van der Waals surface area contributed by atoms with Gasteiger partial charge < -0.3 is 38.1 Å². The average Bonchev–Trinajstić information content (AvgIpc) is 3.37. The minimum atomic E-state index is -2.52. The van der Waals surface area contributed by atoms with Crippen molar-refractivity contribution in [3.63, 3.8) is 0 Å². The number of piperidine rings is 1. The summed E-state index contributed by atoms with van der Waals surface area (Å²) in [5.41, 5.74) is 0.797. The SMILES string of the molecule is C=CCC1C=C(C)CC(C)CC(OC)C2OC(O)(C(=O)C(=O)N3CCCCC3C(=O)OC(C(C)=CC3(O[Si](c4ccccc4)c4ccccc4)CCC(C(C)(C)C)C(OC)C3)C(C)C=CC1=O)C(C)CC2OC. The second kappa shape index (κ2) is 25.5. The highest BCUT2D eigenvalue weighted by Crippen LogP contribution is 2.46. The van der Waals surface area contributed by atoms with Crippen LogP contribution in [-0.2, 0) is 47.3 Å². The third-order valence-corrected chi connectivity index (χ3v) is 18.3. The molecule has 2 aromatic carbocycles. The Morgan fingerprint density at radius 2 is 1.51 bits per heavy atom. The maximum Gasteiger partial charge on any atom is 0.329 e. The van der Waals surface area contributed by atoms with Gasteiger partial charge in [0.1, 0.15) is 18.2 Å². The summed E-state index contributed by atoms with van der Waals surface area (Å²) in [5.74, 6) is -7.06. The maximum atomic E-state index is 15.0. The lowest BCUT2D eigenvalue weighted by molar-refractivity contribution is -0.302. The monoisotopic (exact) mass is 1020 g/mol. The molecule has 2 saturated heterocycles. The fourth-order valence-electron chi connectivity index (χ4n) is 11.9. The van der Waals surface area contributed by atoms with Crippen LogP contribution in [0.15, 0.2) is 109 Å². The number of benzene rings is 2. The molecule has 1 saturated carbocycles. The number of allylic oxidation sites excluding steroid dienone is 4. The molecule has 4 aliphatic rings. The lowest BCUT2D eigenvalue weighted by Crippen LogP contribution is -2.64. The Kier molecular flexibility index (Phi) is 20.2. The van der Waals surface area contributed by atoms with Crippen molar-refractivity contribution < 1.29 is 52.4 Å². The van der Waals surface area contributed by atoms with Crippen LogP contribution in [0, 0.1) is 35.0 Å². The Labute approximate surface area is 437 Å². The summed E-state index contributed by atoms with van der Waals surface area (Å²) in [6.45, 7) is 20.4. The van der Waals surface area contributed by atoms with Gasteiger partial charge in [-0.15, -0.1) is 6.58 Å². The molecule has 1 aliphatic carbocycles. The smallest absolute Gasteiger partial charge is 0.329 e. The van der Waals surface area contributed by atoms with Crippen LogP contribution in [-0.4, -0.2) is 118 Å². The summed E-state index contributed by atoms with van der Waals surface area (Å²) >= 11 is 0. The third kappa shape index (κ3) is 13.9. The van der Waals surface area contributed by atoms with Crippen molar-refractivity contribution in [3.05, 3.63) is 109 Å². The lowest BCUT2D eigenvalue weighted by Gasteiger charge is -2.48. The molecule has 6 rings (SSSR count). The fraction of sp³-hybridized carbons (Fsp3) is 0.600. The summed E-state index contributed by atoms with van der Waals surface area (Å²) in [7, 11) is 2.99. The summed E-state index contributed by atoms with van der Waals surface area (Å²) < 4.78 is 39.0. The number of rotatable bonds is 11. The average molecular weight is 1020 g/mol. The van der Waals surface area contributed by atoms with Crippen LogP contribution in [0.3, 0.4) is 0 Å². The molecule has 73 heavy (non-hydrogen) atoms. The molecule has 1 radical (unpaired) electrons. The van der Waals surface area contributed by atoms with E-state index in [9.17, 15) is 19.5 Å². The predicted octanol–water partition coefficient (Wildman–Crippen LogP) is 8.69. The van der Waals surface area contributed by atoms with Crippen LogP contribution >= 0.6 is 0 Å². The Balaban J connectivity index is 1.47. The summed E-state index contributed by atoms with van der Waals surface area (Å²) in [5, 5.41) is 14.5. The van der Waals surface area contributed by atoms with Gasteiger partial charge in [-0.1, -0.05) is 132 Å². The molecule has 3 heterocycles. The van der Waals surface area contributed by atoms with E-state index in [1.807, 2.05) is 69.3 Å². The molecule has 13 heteroatoms. The number of aliphatic hydroxyl groups is 1. The molecule has 12 nitrogen and oxygen atoms in total. The van der Waals surface area contributed by atoms with E-state index < -0.39 is 86.3 Å². The van der Waals surface area contributed by atoms with E-state index in [4.69, 9.17) is 28.1 Å². The van der Waals surface area contributed by atoms with Gasteiger partial charge in [0.15, 0.2) is 5.78 Å². The molecule has 0 aromatic heterocycles. The minimum Gasteiger partial charge on any atom is -0.456 e. The van der Waals surface area contributed by atoms with Gasteiger partial charge in [0.2, 0.25) is 5.79 Å². The topological polar surface area (TPSA) is 147 Å². The first kappa shape index (κ1) is 57.9. The van der Waals surface area contributed by atoms with E-state index >= 15 is 4.79 Å². The van der Waals surface area contributed by atoms with Crippen molar-refractivity contribution in [1.29, 1.82) is 0 Å². The number of carbonyl (C=O) groups is 4. The number of methoxy groups -OCH3 is 3. The number of ketones is 2. The fourth-order valence-corrected chi connectivity index (χ4v) is 14.1. The van der Waals surface area contributed by atoms with E-state index in [-0.39, 0.29) is 48.5 Å². The number of hydrogen-bond acceptors (Lipinski definition) is 11. The first-order valence-electron chi connectivity index (χ1n) is 26.6. The molecule has 3 aliphatic heterocycles. The maximum absolute atomic E-state index is 15.0. The van der Waals surface area contributed by atoms with Gasteiger partial charge in [0.25, 0.3) is 20.7 Å². The van der Waals surface area contributed by atoms with Crippen LogP contribution in [0.4, 0.5) is 0 Å². The first-order valence-corrected chi connectivity index (χ1v) is 28.0. The van der Waals surface area contributed by atoms with Gasteiger partial charge in [-0.05, 0) is 111 Å². The number of carbonyl (C=O) groups excluding carboxylic acids is 4. The van der Waals surface area contributed by atoms with Gasteiger partial charge >= 0.3 is 5.97 Å². The van der Waals surface area contributed by atoms with E-state index in [0.717, 1.165) is 22.4 Å². The zero-order valence-electron chi connectivity index (χ0n) is 45.5. The molecule has 13 atom stereocenters. The Hall–Kier alpha value is -4.34. The van der Waals surface area contributed by atoms with Crippen LogP contribution < -0.4 is 10.4 Å². The summed E-state index contributed by atoms with van der Waals surface area (Å²) in [6.07, 6.45) is 11.3. The normalized spacial score (nSPS) is 33.9. The number of esters is 1. The van der Waals surface area contributed by atoms with Crippen LogP contribution in [0.2, 0.25) is 0 Å². The van der Waals surface area contributed by atoms with Crippen LogP contribution in [0.25, 0.3) is 0 Å². The number of nitrogens with zero attached hydrogens (tertiary/aromatic N) is 1. The largest absolute Gasteiger partial charge is 0.456 e. The van der Waals surface area contributed by atoms with Crippen molar-refractivity contribution in [2.45, 2.75) is 168 Å². The number of hydrogen-bond donors (Lipinski definition) is 1. The third-order valence-electron chi connectivity index (χ3n) is 15.9. The predicted molar refractivity (Wildman–Crippen MR) is 286 cm³/mol. The second-order valence-electron chi connectivity index (χ2n) is 22.6. The molecule has 1 N–H and O–H groups in total. The number of fused-ring (bicyclic) bond motifs is 3. The van der Waals surface area contributed by atoms with Crippen molar-refractivity contribution >= 4 is 42.9 Å². The van der Waals surface area contributed by atoms with Crippen molar-refractivity contribution in [1.82, 2.24) is 4.90 Å². The molecular formula is C60H84NO11Si.